The Hall–Kier alpha value is -3.37. The van der Waals surface area contributed by atoms with Crippen molar-refractivity contribution in [3.8, 4) is 11.3 Å². The van der Waals surface area contributed by atoms with E-state index >= 15 is 0 Å². The molecule has 0 saturated heterocycles. The fraction of sp³-hybridized carbons (Fsp3) is 0.120. The topological polar surface area (TPSA) is 59.3 Å². The molecule has 0 fully saturated rings. The SMILES string of the molecule is Cc1cc(C)c2oc(-c3ccc(C(=O)NCc4ccc(Cl)cc4)cc3)cc(=O)c2c1. The molecule has 0 bridgehead atoms. The summed E-state index contributed by atoms with van der Waals surface area (Å²) in [5.74, 6) is 0.301. The normalized spacial score (nSPS) is 10.9. The number of hydrogen-bond donors (Lipinski definition) is 1. The number of aryl methyl sites for hydroxylation is 2. The average Bonchev–Trinajstić information content (AvgIpc) is 2.74. The van der Waals surface area contributed by atoms with E-state index < -0.39 is 0 Å². The highest BCUT2D eigenvalue weighted by Crippen LogP contribution is 2.25. The number of hydrogen-bond acceptors (Lipinski definition) is 3. The van der Waals surface area contributed by atoms with Crippen LogP contribution in [0.2, 0.25) is 5.02 Å². The van der Waals surface area contributed by atoms with Gasteiger partial charge in [0.25, 0.3) is 5.91 Å². The lowest BCUT2D eigenvalue weighted by Gasteiger charge is -2.08. The van der Waals surface area contributed by atoms with Crippen LogP contribution < -0.4 is 10.7 Å². The van der Waals surface area contributed by atoms with Gasteiger partial charge in [0.05, 0.1) is 5.39 Å². The average molecular weight is 418 g/mol. The van der Waals surface area contributed by atoms with Gasteiger partial charge in [-0.1, -0.05) is 41.9 Å². The van der Waals surface area contributed by atoms with Crippen LogP contribution in [0, 0.1) is 13.8 Å². The van der Waals surface area contributed by atoms with E-state index in [4.69, 9.17) is 16.0 Å². The Balaban J connectivity index is 1.55. The highest BCUT2D eigenvalue weighted by Gasteiger charge is 2.11. The van der Waals surface area contributed by atoms with Gasteiger partial charge in [-0.25, -0.2) is 0 Å². The molecule has 0 radical (unpaired) electrons. The lowest BCUT2D eigenvalue weighted by molar-refractivity contribution is 0.0951. The minimum absolute atomic E-state index is 0.0807. The molecular weight excluding hydrogens is 398 g/mol. The van der Waals surface area contributed by atoms with E-state index in [-0.39, 0.29) is 11.3 Å². The Bertz CT molecular complexity index is 1290. The maximum Gasteiger partial charge on any atom is 0.251 e. The summed E-state index contributed by atoms with van der Waals surface area (Å²) in [5.41, 5.74) is 4.69. The van der Waals surface area contributed by atoms with Crippen molar-refractivity contribution in [2.24, 2.45) is 0 Å². The number of halogens is 1. The number of carbonyl (C=O) groups excluding carboxylic acids is 1. The molecule has 3 aromatic carbocycles. The highest BCUT2D eigenvalue weighted by molar-refractivity contribution is 6.30. The number of benzene rings is 3. The fourth-order valence-electron chi connectivity index (χ4n) is 3.42. The molecule has 1 amide bonds. The Kier molecular flexibility index (Phi) is 5.42. The Morgan fingerprint density at radius 1 is 0.967 bits per heavy atom. The molecule has 5 heteroatoms. The third-order valence-corrected chi connectivity index (χ3v) is 5.21. The first-order valence-corrected chi connectivity index (χ1v) is 9.97. The molecule has 4 rings (SSSR count). The van der Waals surface area contributed by atoms with Gasteiger partial charge in [-0.2, -0.15) is 0 Å². The lowest BCUT2D eigenvalue weighted by atomic mass is 10.1. The lowest BCUT2D eigenvalue weighted by Crippen LogP contribution is -2.22. The molecular formula is C25H20ClNO3. The Labute approximate surface area is 179 Å². The predicted octanol–water partition coefficient (Wildman–Crippen LogP) is 5.66. The molecule has 30 heavy (non-hydrogen) atoms. The van der Waals surface area contributed by atoms with Crippen LogP contribution in [-0.2, 0) is 6.54 Å². The van der Waals surface area contributed by atoms with Crippen molar-refractivity contribution in [1.29, 1.82) is 0 Å². The Morgan fingerprint density at radius 3 is 2.37 bits per heavy atom. The number of rotatable bonds is 4. The monoisotopic (exact) mass is 417 g/mol. The molecule has 1 N–H and O–H groups in total. The zero-order valence-electron chi connectivity index (χ0n) is 16.7. The number of nitrogens with one attached hydrogen (secondary N) is 1. The summed E-state index contributed by atoms with van der Waals surface area (Å²) in [5, 5.41) is 4.12. The summed E-state index contributed by atoms with van der Waals surface area (Å²) in [6, 6.07) is 19.7. The first-order chi connectivity index (χ1) is 14.4. The zero-order chi connectivity index (χ0) is 21.3. The smallest absolute Gasteiger partial charge is 0.251 e. The van der Waals surface area contributed by atoms with E-state index in [2.05, 4.69) is 5.32 Å². The van der Waals surface area contributed by atoms with E-state index in [1.807, 2.05) is 38.1 Å². The summed E-state index contributed by atoms with van der Waals surface area (Å²) < 4.78 is 6.02. The first-order valence-electron chi connectivity index (χ1n) is 9.59. The molecule has 0 aliphatic carbocycles. The van der Waals surface area contributed by atoms with Crippen molar-refractivity contribution in [2.45, 2.75) is 20.4 Å². The fourth-order valence-corrected chi connectivity index (χ4v) is 3.55. The van der Waals surface area contributed by atoms with Crippen LogP contribution in [-0.4, -0.2) is 5.91 Å². The second-order valence-electron chi connectivity index (χ2n) is 7.32. The van der Waals surface area contributed by atoms with Gasteiger partial charge in [0, 0.05) is 28.8 Å². The molecule has 1 aromatic heterocycles. The van der Waals surface area contributed by atoms with Gasteiger partial charge in [0.1, 0.15) is 11.3 Å². The van der Waals surface area contributed by atoms with Crippen LogP contribution in [0.4, 0.5) is 0 Å². The van der Waals surface area contributed by atoms with Gasteiger partial charge >= 0.3 is 0 Å². The second kappa shape index (κ2) is 8.17. The van der Waals surface area contributed by atoms with Crippen LogP contribution in [0.5, 0.6) is 0 Å². The largest absolute Gasteiger partial charge is 0.456 e. The summed E-state index contributed by atoms with van der Waals surface area (Å²) in [6.07, 6.45) is 0. The van der Waals surface area contributed by atoms with Crippen molar-refractivity contribution < 1.29 is 9.21 Å². The maximum atomic E-state index is 12.6. The van der Waals surface area contributed by atoms with Crippen molar-refractivity contribution in [1.82, 2.24) is 5.32 Å². The third kappa shape index (κ3) is 4.14. The van der Waals surface area contributed by atoms with Gasteiger partial charge in [-0.3, -0.25) is 9.59 Å². The van der Waals surface area contributed by atoms with Crippen molar-refractivity contribution in [3.63, 3.8) is 0 Å². The van der Waals surface area contributed by atoms with Crippen molar-refractivity contribution in [2.75, 3.05) is 0 Å². The van der Waals surface area contributed by atoms with Crippen molar-refractivity contribution in [3.05, 3.63) is 104 Å². The van der Waals surface area contributed by atoms with Crippen LogP contribution >= 0.6 is 11.6 Å². The van der Waals surface area contributed by atoms with Crippen molar-refractivity contribution >= 4 is 28.5 Å². The van der Waals surface area contributed by atoms with Crippen LogP contribution in [0.1, 0.15) is 27.0 Å². The van der Waals surface area contributed by atoms with Gasteiger partial charge in [-0.15, -0.1) is 0 Å². The predicted molar refractivity (Wildman–Crippen MR) is 120 cm³/mol. The standard InChI is InChI=1S/C25H20ClNO3/c1-15-11-16(2)24-21(12-15)22(28)13-23(30-24)18-5-7-19(8-6-18)25(29)27-14-17-3-9-20(26)10-4-17/h3-13H,14H2,1-2H3,(H,27,29). The molecule has 0 saturated carbocycles. The summed E-state index contributed by atoms with van der Waals surface area (Å²) >= 11 is 5.88. The van der Waals surface area contributed by atoms with E-state index in [0.717, 1.165) is 22.3 Å². The molecule has 0 atom stereocenters. The molecule has 0 spiro atoms. The number of amides is 1. The van der Waals surface area contributed by atoms with E-state index in [1.165, 1.54) is 6.07 Å². The number of carbonyl (C=O) groups is 1. The molecule has 4 aromatic rings. The van der Waals surface area contributed by atoms with Gasteiger partial charge in [0.2, 0.25) is 0 Å². The summed E-state index contributed by atoms with van der Waals surface area (Å²) in [4.78, 5) is 25.0. The summed E-state index contributed by atoms with van der Waals surface area (Å²) in [7, 11) is 0. The molecule has 1 heterocycles. The van der Waals surface area contributed by atoms with Crippen LogP contribution in [0.25, 0.3) is 22.3 Å². The molecule has 150 valence electrons. The van der Waals surface area contributed by atoms with E-state index in [9.17, 15) is 9.59 Å². The van der Waals surface area contributed by atoms with Gasteiger partial charge in [-0.05, 0) is 60.9 Å². The summed E-state index contributed by atoms with van der Waals surface area (Å²) in [6.45, 7) is 4.29. The Morgan fingerprint density at radius 2 is 1.67 bits per heavy atom. The minimum Gasteiger partial charge on any atom is -0.456 e. The van der Waals surface area contributed by atoms with Crippen LogP contribution in [0.15, 0.2) is 75.9 Å². The molecule has 4 nitrogen and oxygen atoms in total. The van der Waals surface area contributed by atoms with Gasteiger partial charge < -0.3 is 9.73 Å². The number of fused-ring (bicyclic) bond motifs is 1. The van der Waals surface area contributed by atoms with E-state index in [0.29, 0.717) is 33.9 Å². The van der Waals surface area contributed by atoms with E-state index in [1.54, 1.807) is 36.4 Å². The maximum absolute atomic E-state index is 12.6. The van der Waals surface area contributed by atoms with Crippen LogP contribution in [0.3, 0.4) is 0 Å². The molecule has 0 aliphatic rings. The quantitative estimate of drug-likeness (QED) is 0.466. The highest BCUT2D eigenvalue weighted by atomic mass is 35.5. The second-order valence-corrected chi connectivity index (χ2v) is 7.76. The minimum atomic E-state index is -0.178. The first kappa shape index (κ1) is 19.9. The van der Waals surface area contributed by atoms with Gasteiger partial charge in [0.15, 0.2) is 5.43 Å². The third-order valence-electron chi connectivity index (χ3n) is 4.96. The molecule has 0 aliphatic heterocycles. The molecule has 0 unspecified atom stereocenters. The zero-order valence-corrected chi connectivity index (χ0v) is 17.4.